The van der Waals surface area contributed by atoms with Crippen molar-refractivity contribution in [1.82, 2.24) is 9.80 Å². The lowest BCUT2D eigenvalue weighted by molar-refractivity contribution is -0.129. The van der Waals surface area contributed by atoms with Crippen LogP contribution < -0.4 is 0 Å². The zero-order valence-corrected chi connectivity index (χ0v) is 11.3. The number of fused-ring (bicyclic) bond motifs is 1. The Labute approximate surface area is 108 Å². The lowest BCUT2D eigenvalue weighted by Gasteiger charge is -2.17. The quantitative estimate of drug-likeness (QED) is 0.830. The minimum Gasteiger partial charge on any atom is -0.347 e. The first kappa shape index (κ1) is 12.1. The van der Waals surface area contributed by atoms with Gasteiger partial charge >= 0.3 is 0 Å². The number of benzene rings is 1. The molecule has 5 heteroatoms. The Morgan fingerprint density at radius 2 is 2.18 bits per heavy atom. The molecule has 0 saturated carbocycles. The van der Waals surface area contributed by atoms with Gasteiger partial charge in [-0.1, -0.05) is 22.0 Å². The number of likely N-dealkylation sites (N-methyl/N-ethyl adjacent to an activating group) is 1. The van der Waals surface area contributed by atoms with Gasteiger partial charge in [0.25, 0.3) is 5.91 Å². The number of carbonyl (C=O) groups is 2. The van der Waals surface area contributed by atoms with Crippen molar-refractivity contribution < 1.29 is 9.59 Å². The maximum atomic E-state index is 12.0. The van der Waals surface area contributed by atoms with Crippen LogP contribution in [0.25, 0.3) is 0 Å². The molecule has 0 aromatic heterocycles. The van der Waals surface area contributed by atoms with E-state index in [1.165, 1.54) is 4.90 Å². The van der Waals surface area contributed by atoms with Crippen molar-refractivity contribution in [3.8, 4) is 0 Å². The van der Waals surface area contributed by atoms with Crippen LogP contribution in [0.4, 0.5) is 0 Å². The van der Waals surface area contributed by atoms with Crippen molar-refractivity contribution in [2.45, 2.75) is 6.54 Å². The second-order valence-electron chi connectivity index (χ2n) is 4.25. The first-order chi connectivity index (χ1) is 7.99. The molecule has 1 aliphatic heterocycles. The van der Waals surface area contributed by atoms with Gasteiger partial charge in [-0.3, -0.25) is 9.59 Å². The number of carbonyl (C=O) groups excluding carboxylic acids is 2. The van der Waals surface area contributed by atoms with E-state index in [0.29, 0.717) is 12.1 Å². The molecule has 2 amide bonds. The number of hydrogen-bond donors (Lipinski definition) is 0. The Morgan fingerprint density at radius 3 is 2.82 bits per heavy atom. The smallest absolute Gasteiger partial charge is 0.255 e. The van der Waals surface area contributed by atoms with Crippen LogP contribution in [-0.4, -0.2) is 42.3 Å². The summed E-state index contributed by atoms with van der Waals surface area (Å²) < 4.78 is 0.880. The first-order valence-corrected chi connectivity index (χ1v) is 6.06. The fourth-order valence-corrected chi connectivity index (χ4v) is 2.13. The van der Waals surface area contributed by atoms with Gasteiger partial charge in [0.15, 0.2) is 0 Å². The number of hydrogen-bond acceptors (Lipinski definition) is 2. The number of nitrogens with zero attached hydrogens (tertiary/aromatic N) is 2. The monoisotopic (exact) mass is 296 g/mol. The maximum Gasteiger partial charge on any atom is 0.255 e. The van der Waals surface area contributed by atoms with E-state index in [4.69, 9.17) is 0 Å². The lowest BCUT2D eigenvalue weighted by atomic mass is 10.1. The summed E-state index contributed by atoms with van der Waals surface area (Å²) in [6, 6.07) is 5.62. The molecule has 0 spiro atoms. The summed E-state index contributed by atoms with van der Waals surface area (Å²) >= 11 is 3.34. The van der Waals surface area contributed by atoms with Crippen molar-refractivity contribution in [3.05, 3.63) is 33.8 Å². The molecule has 0 bridgehead atoms. The third-order valence-electron chi connectivity index (χ3n) is 2.78. The molecule has 0 unspecified atom stereocenters. The zero-order valence-electron chi connectivity index (χ0n) is 9.74. The zero-order chi connectivity index (χ0) is 12.6. The van der Waals surface area contributed by atoms with E-state index >= 15 is 0 Å². The molecule has 2 rings (SSSR count). The Bertz CT molecular complexity index is 485. The molecule has 1 aliphatic rings. The highest BCUT2D eigenvalue weighted by Gasteiger charge is 2.28. The number of halogens is 1. The molecule has 0 saturated heterocycles. The van der Waals surface area contributed by atoms with Crippen LogP contribution in [0.3, 0.4) is 0 Å². The Kier molecular flexibility index (Phi) is 3.19. The van der Waals surface area contributed by atoms with Gasteiger partial charge in [-0.2, -0.15) is 0 Å². The highest BCUT2D eigenvalue weighted by atomic mass is 79.9. The molecule has 4 nitrogen and oxygen atoms in total. The largest absolute Gasteiger partial charge is 0.347 e. The van der Waals surface area contributed by atoms with Gasteiger partial charge in [-0.25, -0.2) is 0 Å². The molecule has 0 fully saturated rings. The summed E-state index contributed by atoms with van der Waals surface area (Å²) in [4.78, 5) is 26.7. The van der Waals surface area contributed by atoms with Gasteiger partial charge in [0.05, 0.1) is 0 Å². The van der Waals surface area contributed by atoms with Gasteiger partial charge < -0.3 is 9.80 Å². The molecule has 0 radical (unpaired) electrons. The van der Waals surface area contributed by atoms with Crippen LogP contribution in [0.2, 0.25) is 0 Å². The predicted octanol–water partition coefficient (Wildman–Crippen LogP) is 1.49. The fraction of sp³-hybridized carbons (Fsp3) is 0.333. The van der Waals surface area contributed by atoms with E-state index in [2.05, 4.69) is 15.9 Å². The summed E-state index contributed by atoms with van der Waals surface area (Å²) in [7, 11) is 3.37. The van der Waals surface area contributed by atoms with Gasteiger partial charge in [0.1, 0.15) is 6.54 Å². The summed E-state index contributed by atoms with van der Waals surface area (Å²) in [5.41, 5.74) is 1.66. The second-order valence-corrected chi connectivity index (χ2v) is 5.17. The number of rotatable bonds is 2. The van der Waals surface area contributed by atoms with E-state index in [-0.39, 0.29) is 18.4 Å². The molecule has 1 heterocycles. The molecule has 90 valence electrons. The SMILES string of the molecule is CN(C)C(=O)CN1Cc2ccc(Br)cc2C1=O. The number of amides is 2. The molecule has 1 aromatic carbocycles. The predicted molar refractivity (Wildman–Crippen MR) is 67.6 cm³/mol. The normalized spacial score (nSPS) is 13.8. The average Bonchev–Trinajstić information content (AvgIpc) is 2.56. The fourth-order valence-electron chi connectivity index (χ4n) is 1.77. The van der Waals surface area contributed by atoms with Crippen LogP contribution in [0, 0.1) is 0 Å². The first-order valence-electron chi connectivity index (χ1n) is 5.27. The van der Waals surface area contributed by atoms with Crippen molar-refractivity contribution in [3.63, 3.8) is 0 Å². The van der Waals surface area contributed by atoms with Gasteiger partial charge in [0, 0.05) is 30.7 Å². The van der Waals surface area contributed by atoms with Crippen molar-refractivity contribution in [2.24, 2.45) is 0 Å². The van der Waals surface area contributed by atoms with Crippen molar-refractivity contribution in [2.75, 3.05) is 20.6 Å². The molecular formula is C12H13BrN2O2. The van der Waals surface area contributed by atoms with Gasteiger partial charge in [-0.15, -0.1) is 0 Å². The minimum absolute atomic E-state index is 0.0646. The highest BCUT2D eigenvalue weighted by Crippen LogP contribution is 2.25. The van der Waals surface area contributed by atoms with E-state index in [9.17, 15) is 9.59 Å². The maximum absolute atomic E-state index is 12.0. The molecule has 0 aliphatic carbocycles. The van der Waals surface area contributed by atoms with E-state index in [0.717, 1.165) is 10.0 Å². The average molecular weight is 297 g/mol. The molecule has 0 N–H and O–H groups in total. The summed E-state index contributed by atoms with van der Waals surface area (Å²) in [5, 5.41) is 0. The minimum atomic E-state index is -0.0727. The van der Waals surface area contributed by atoms with Crippen LogP contribution in [0.15, 0.2) is 22.7 Å². The van der Waals surface area contributed by atoms with Gasteiger partial charge in [-0.05, 0) is 17.7 Å². The molecule has 1 aromatic rings. The van der Waals surface area contributed by atoms with Crippen molar-refractivity contribution >= 4 is 27.7 Å². The van der Waals surface area contributed by atoms with E-state index in [1.807, 2.05) is 12.1 Å². The molecule has 17 heavy (non-hydrogen) atoms. The topological polar surface area (TPSA) is 40.6 Å². The second kappa shape index (κ2) is 4.49. The highest BCUT2D eigenvalue weighted by molar-refractivity contribution is 9.10. The third-order valence-corrected chi connectivity index (χ3v) is 3.27. The Balaban J connectivity index is 2.17. The Morgan fingerprint density at radius 1 is 1.47 bits per heavy atom. The Hall–Kier alpha value is -1.36. The van der Waals surface area contributed by atoms with E-state index in [1.54, 1.807) is 25.1 Å². The van der Waals surface area contributed by atoms with Gasteiger partial charge in [0.2, 0.25) is 5.91 Å². The lowest BCUT2D eigenvalue weighted by Crippen LogP contribution is -2.36. The molecule has 0 atom stereocenters. The van der Waals surface area contributed by atoms with Crippen LogP contribution in [-0.2, 0) is 11.3 Å². The third kappa shape index (κ3) is 2.34. The molecular weight excluding hydrogens is 284 g/mol. The summed E-state index contributed by atoms with van der Waals surface area (Å²) in [5.74, 6) is -0.137. The standard InChI is InChI=1S/C12H13BrN2O2/c1-14(2)11(16)7-15-6-8-3-4-9(13)5-10(8)12(15)17/h3-5H,6-7H2,1-2H3. The van der Waals surface area contributed by atoms with Crippen LogP contribution >= 0.6 is 15.9 Å². The summed E-state index contributed by atoms with van der Waals surface area (Å²) in [6.07, 6.45) is 0. The van der Waals surface area contributed by atoms with E-state index < -0.39 is 0 Å². The summed E-state index contributed by atoms with van der Waals surface area (Å²) in [6.45, 7) is 0.652. The van der Waals surface area contributed by atoms with Crippen LogP contribution in [0.1, 0.15) is 15.9 Å². The van der Waals surface area contributed by atoms with Crippen molar-refractivity contribution in [1.29, 1.82) is 0 Å². The van der Waals surface area contributed by atoms with Crippen LogP contribution in [0.5, 0.6) is 0 Å².